The molecule has 3 aromatic rings. The highest BCUT2D eigenvalue weighted by Gasteiger charge is 2.19. The predicted octanol–water partition coefficient (Wildman–Crippen LogP) is 3.26. The number of benzene rings is 2. The highest BCUT2D eigenvalue weighted by atomic mass is 16.3. The first-order chi connectivity index (χ1) is 13.1. The first-order valence-corrected chi connectivity index (χ1v) is 8.80. The van der Waals surface area contributed by atoms with Crippen LogP contribution in [-0.4, -0.2) is 16.8 Å². The van der Waals surface area contributed by atoms with E-state index in [4.69, 9.17) is 4.42 Å². The number of aromatic nitrogens is 1. The molecule has 4 rings (SSSR count). The molecule has 1 aliphatic heterocycles. The molecule has 0 aliphatic carbocycles. The Labute approximate surface area is 156 Å². The van der Waals surface area contributed by atoms with Crippen LogP contribution in [-0.2, 0) is 22.4 Å². The van der Waals surface area contributed by atoms with E-state index in [1.807, 2.05) is 55.5 Å². The fraction of sp³-hybridized carbons (Fsp3) is 0.190. The first-order valence-electron chi connectivity index (χ1n) is 8.80. The van der Waals surface area contributed by atoms with Gasteiger partial charge < -0.3 is 15.1 Å². The number of carbonyl (C=O) groups is 2. The molecule has 27 heavy (non-hydrogen) atoms. The van der Waals surface area contributed by atoms with Crippen LogP contribution in [0, 0.1) is 0 Å². The van der Waals surface area contributed by atoms with Gasteiger partial charge in [-0.2, -0.15) is 0 Å². The molecule has 0 radical (unpaired) electrons. The van der Waals surface area contributed by atoms with E-state index in [2.05, 4.69) is 15.6 Å². The molecule has 1 atom stereocenters. The summed E-state index contributed by atoms with van der Waals surface area (Å²) >= 11 is 0. The van der Waals surface area contributed by atoms with Gasteiger partial charge in [-0.05, 0) is 36.2 Å². The monoisotopic (exact) mass is 361 g/mol. The molecule has 0 bridgehead atoms. The molecule has 0 saturated heterocycles. The average Bonchev–Trinajstić information content (AvgIpc) is 3.27. The SMILES string of the molecule is C[C@@H](NC(=O)Cc1coc(-c2ccccc2)n1)c1ccc2c(c1)CC(=O)N2. The lowest BCUT2D eigenvalue weighted by Crippen LogP contribution is -2.28. The van der Waals surface area contributed by atoms with Crippen molar-refractivity contribution in [3.05, 3.63) is 71.6 Å². The lowest BCUT2D eigenvalue weighted by molar-refractivity contribution is -0.121. The summed E-state index contributed by atoms with van der Waals surface area (Å²) < 4.78 is 5.47. The molecule has 2 N–H and O–H groups in total. The summed E-state index contributed by atoms with van der Waals surface area (Å²) in [5, 5.41) is 5.78. The van der Waals surface area contributed by atoms with E-state index >= 15 is 0 Å². The molecule has 6 heteroatoms. The zero-order chi connectivity index (χ0) is 18.8. The summed E-state index contributed by atoms with van der Waals surface area (Å²) in [6.07, 6.45) is 2.04. The fourth-order valence-corrected chi connectivity index (χ4v) is 3.16. The van der Waals surface area contributed by atoms with Crippen LogP contribution in [0.2, 0.25) is 0 Å². The van der Waals surface area contributed by atoms with Crippen molar-refractivity contribution in [1.29, 1.82) is 0 Å². The smallest absolute Gasteiger partial charge is 0.228 e. The zero-order valence-corrected chi connectivity index (χ0v) is 14.9. The molecule has 1 aromatic heterocycles. The highest BCUT2D eigenvalue weighted by molar-refractivity contribution is 5.99. The van der Waals surface area contributed by atoms with Gasteiger partial charge in [-0.15, -0.1) is 0 Å². The Bertz CT molecular complexity index is 995. The Morgan fingerprint density at radius 3 is 2.89 bits per heavy atom. The first kappa shape index (κ1) is 17.0. The molecule has 0 fully saturated rings. The molecule has 1 aliphatic rings. The Balaban J connectivity index is 1.39. The fourth-order valence-electron chi connectivity index (χ4n) is 3.16. The number of rotatable bonds is 5. The minimum atomic E-state index is -0.168. The van der Waals surface area contributed by atoms with E-state index in [-0.39, 0.29) is 24.3 Å². The van der Waals surface area contributed by atoms with Crippen LogP contribution in [0.1, 0.15) is 29.8 Å². The summed E-state index contributed by atoms with van der Waals surface area (Å²) in [5.74, 6) is 0.367. The van der Waals surface area contributed by atoms with Crippen molar-refractivity contribution in [3.63, 3.8) is 0 Å². The van der Waals surface area contributed by atoms with Gasteiger partial charge in [0.2, 0.25) is 17.7 Å². The quantitative estimate of drug-likeness (QED) is 0.731. The lowest BCUT2D eigenvalue weighted by atomic mass is 10.0. The van der Waals surface area contributed by atoms with E-state index in [1.165, 1.54) is 6.26 Å². The van der Waals surface area contributed by atoms with Crippen molar-refractivity contribution in [3.8, 4) is 11.5 Å². The van der Waals surface area contributed by atoms with Gasteiger partial charge >= 0.3 is 0 Å². The van der Waals surface area contributed by atoms with Gasteiger partial charge in [0.15, 0.2) is 0 Å². The van der Waals surface area contributed by atoms with Gasteiger partial charge in [0.1, 0.15) is 6.26 Å². The third kappa shape index (κ3) is 3.74. The van der Waals surface area contributed by atoms with E-state index < -0.39 is 0 Å². The maximum Gasteiger partial charge on any atom is 0.228 e. The van der Waals surface area contributed by atoms with Crippen molar-refractivity contribution in [2.75, 3.05) is 5.32 Å². The molecule has 2 amide bonds. The molecule has 2 aromatic carbocycles. The number of nitrogens with zero attached hydrogens (tertiary/aromatic N) is 1. The van der Waals surface area contributed by atoms with Gasteiger partial charge in [0.25, 0.3) is 0 Å². The second-order valence-electron chi connectivity index (χ2n) is 6.62. The van der Waals surface area contributed by atoms with Gasteiger partial charge in [0, 0.05) is 11.3 Å². The number of anilines is 1. The van der Waals surface area contributed by atoms with Gasteiger partial charge in [-0.1, -0.05) is 30.3 Å². The van der Waals surface area contributed by atoms with Crippen molar-refractivity contribution in [1.82, 2.24) is 10.3 Å². The van der Waals surface area contributed by atoms with E-state index in [1.54, 1.807) is 0 Å². The number of hydrogen-bond donors (Lipinski definition) is 2. The topological polar surface area (TPSA) is 84.2 Å². The van der Waals surface area contributed by atoms with Crippen LogP contribution in [0.25, 0.3) is 11.5 Å². The largest absolute Gasteiger partial charge is 0.444 e. The van der Waals surface area contributed by atoms with Gasteiger partial charge in [0.05, 0.1) is 24.6 Å². The van der Waals surface area contributed by atoms with Crippen LogP contribution in [0.5, 0.6) is 0 Å². The van der Waals surface area contributed by atoms with E-state index in [9.17, 15) is 9.59 Å². The number of hydrogen-bond acceptors (Lipinski definition) is 4. The van der Waals surface area contributed by atoms with Crippen LogP contribution >= 0.6 is 0 Å². The normalized spacial score (nSPS) is 13.7. The summed E-state index contributed by atoms with van der Waals surface area (Å²) in [4.78, 5) is 28.2. The molecule has 6 nitrogen and oxygen atoms in total. The minimum Gasteiger partial charge on any atom is -0.444 e. The summed E-state index contributed by atoms with van der Waals surface area (Å²) in [6.45, 7) is 1.92. The van der Waals surface area contributed by atoms with E-state index in [0.717, 1.165) is 22.4 Å². The van der Waals surface area contributed by atoms with Gasteiger partial charge in [-0.25, -0.2) is 4.98 Å². The number of carbonyl (C=O) groups excluding carboxylic acids is 2. The van der Waals surface area contributed by atoms with Crippen LogP contribution < -0.4 is 10.6 Å². The number of nitrogens with one attached hydrogen (secondary N) is 2. The predicted molar refractivity (Wildman–Crippen MR) is 101 cm³/mol. The molecular formula is C21H19N3O3. The Morgan fingerprint density at radius 2 is 2.07 bits per heavy atom. The van der Waals surface area contributed by atoms with Crippen molar-refractivity contribution < 1.29 is 14.0 Å². The summed E-state index contributed by atoms with van der Waals surface area (Å²) in [7, 11) is 0. The molecule has 0 saturated carbocycles. The maximum absolute atomic E-state index is 12.4. The maximum atomic E-state index is 12.4. The number of amides is 2. The standard InChI is InChI=1S/C21H19N3O3/c1-13(15-7-8-18-16(9-15)10-19(25)24-18)22-20(26)11-17-12-27-21(23-17)14-5-3-2-4-6-14/h2-9,12-13H,10-11H2,1H3,(H,22,26)(H,24,25)/t13-/m1/s1. The van der Waals surface area contributed by atoms with E-state index in [0.29, 0.717) is 18.0 Å². The summed E-state index contributed by atoms with van der Waals surface area (Å²) in [5.41, 5.74) is 4.23. The minimum absolute atomic E-state index is 0.000842. The molecule has 0 spiro atoms. The Kier molecular flexibility index (Phi) is 4.46. The zero-order valence-electron chi connectivity index (χ0n) is 14.9. The third-order valence-electron chi connectivity index (χ3n) is 4.55. The molecule has 2 heterocycles. The lowest BCUT2D eigenvalue weighted by Gasteiger charge is -2.15. The highest BCUT2D eigenvalue weighted by Crippen LogP contribution is 2.26. The molecule has 0 unspecified atom stereocenters. The number of fused-ring (bicyclic) bond motifs is 1. The van der Waals surface area contributed by atoms with Crippen LogP contribution in [0.15, 0.2) is 59.2 Å². The molecule has 136 valence electrons. The van der Waals surface area contributed by atoms with Crippen molar-refractivity contribution in [2.24, 2.45) is 0 Å². The van der Waals surface area contributed by atoms with Crippen LogP contribution in [0.4, 0.5) is 5.69 Å². The average molecular weight is 361 g/mol. The number of oxazole rings is 1. The second kappa shape index (κ2) is 7.07. The Hall–Kier alpha value is -3.41. The third-order valence-corrected chi connectivity index (χ3v) is 4.55. The molecular weight excluding hydrogens is 342 g/mol. The van der Waals surface area contributed by atoms with Crippen molar-refractivity contribution >= 4 is 17.5 Å². The summed E-state index contributed by atoms with van der Waals surface area (Å²) in [6, 6.07) is 15.1. The van der Waals surface area contributed by atoms with Crippen molar-refractivity contribution in [2.45, 2.75) is 25.8 Å². The second-order valence-corrected chi connectivity index (χ2v) is 6.62. The Morgan fingerprint density at radius 1 is 1.26 bits per heavy atom. The van der Waals surface area contributed by atoms with Crippen LogP contribution in [0.3, 0.4) is 0 Å². The van der Waals surface area contributed by atoms with Gasteiger partial charge in [-0.3, -0.25) is 9.59 Å².